The van der Waals surface area contributed by atoms with Crippen LogP contribution < -0.4 is 5.73 Å². The van der Waals surface area contributed by atoms with Crippen molar-refractivity contribution in [1.29, 1.82) is 0 Å². The first kappa shape index (κ1) is 15.7. The van der Waals surface area contributed by atoms with E-state index >= 15 is 0 Å². The van der Waals surface area contributed by atoms with Crippen LogP contribution in [0.15, 0.2) is 30.3 Å². The monoisotopic (exact) mass is 262 g/mol. The minimum Gasteiger partial charge on any atom is -0.342 e. The molecule has 1 amide bonds. The summed E-state index contributed by atoms with van der Waals surface area (Å²) in [5.74, 6) is 0.558. The Kier molecular flexibility index (Phi) is 6.57. The number of hydrogen-bond donors (Lipinski definition) is 1. The highest BCUT2D eigenvalue weighted by Gasteiger charge is 2.22. The summed E-state index contributed by atoms with van der Waals surface area (Å²) < 4.78 is 0. The van der Waals surface area contributed by atoms with Crippen LogP contribution in [0.1, 0.15) is 26.3 Å². The van der Waals surface area contributed by atoms with E-state index < -0.39 is 0 Å². The Hall–Kier alpha value is -1.35. The molecule has 106 valence electrons. The molecule has 0 aromatic heterocycles. The van der Waals surface area contributed by atoms with Gasteiger partial charge in [0, 0.05) is 19.6 Å². The number of nitrogens with two attached hydrogens (primary N) is 1. The van der Waals surface area contributed by atoms with Gasteiger partial charge in [-0.1, -0.05) is 44.2 Å². The number of carbonyl (C=O) groups excluding carboxylic acids is 1. The molecule has 2 N–H and O–H groups in total. The molecule has 0 aliphatic heterocycles. The summed E-state index contributed by atoms with van der Waals surface area (Å²) in [4.78, 5) is 14.4. The van der Waals surface area contributed by atoms with Crippen LogP contribution in [0.25, 0.3) is 0 Å². The predicted molar refractivity (Wildman–Crippen MR) is 79.8 cm³/mol. The van der Waals surface area contributed by atoms with E-state index in [1.165, 1.54) is 5.56 Å². The standard InChI is InChI=1S/C16H26N2O/c1-4-18(12-13(2)3)16(19)15(11-17)10-14-8-6-5-7-9-14/h5-9,13,15H,4,10-12,17H2,1-3H3. The maximum Gasteiger partial charge on any atom is 0.227 e. The molecule has 3 nitrogen and oxygen atoms in total. The Morgan fingerprint density at radius 2 is 1.89 bits per heavy atom. The van der Waals surface area contributed by atoms with E-state index in [4.69, 9.17) is 5.73 Å². The highest BCUT2D eigenvalue weighted by atomic mass is 16.2. The summed E-state index contributed by atoms with van der Waals surface area (Å²) in [6, 6.07) is 10.1. The molecule has 0 aliphatic carbocycles. The number of hydrogen-bond acceptors (Lipinski definition) is 2. The van der Waals surface area contributed by atoms with E-state index in [0.717, 1.165) is 19.5 Å². The number of benzene rings is 1. The van der Waals surface area contributed by atoms with Crippen molar-refractivity contribution in [1.82, 2.24) is 4.90 Å². The number of rotatable bonds is 7. The maximum atomic E-state index is 12.5. The molecular weight excluding hydrogens is 236 g/mol. The van der Waals surface area contributed by atoms with Crippen molar-refractivity contribution in [2.45, 2.75) is 27.2 Å². The first-order valence-electron chi connectivity index (χ1n) is 7.11. The Balaban J connectivity index is 2.70. The molecule has 0 saturated carbocycles. The Morgan fingerprint density at radius 1 is 1.26 bits per heavy atom. The molecule has 3 heteroatoms. The molecule has 0 aliphatic rings. The first-order chi connectivity index (χ1) is 9.08. The van der Waals surface area contributed by atoms with Gasteiger partial charge in [0.15, 0.2) is 0 Å². The van der Waals surface area contributed by atoms with Crippen LogP contribution in [0.5, 0.6) is 0 Å². The lowest BCUT2D eigenvalue weighted by atomic mass is 9.97. The summed E-state index contributed by atoms with van der Waals surface area (Å²) in [5.41, 5.74) is 6.97. The van der Waals surface area contributed by atoms with Crippen LogP contribution in [-0.2, 0) is 11.2 Å². The van der Waals surface area contributed by atoms with Gasteiger partial charge in [-0.15, -0.1) is 0 Å². The van der Waals surface area contributed by atoms with Gasteiger partial charge in [0.2, 0.25) is 5.91 Å². The molecule has 1 aromatic rings. The lowest BCUT2D eigenvalue weighted by Crippen LogP contribution is -2.41. The zero-order valence-electron chi connectivity index (χ0n) is 12.3. The van der Waals surface area contributed by atoms with E-state index in [1.807, 2.05) is 30.0 Å². The molecule has 0 heterocycles. The predicted octanol–water partition coefficient (Wildman–Crippen LogP) is 2.31. The van der Waals surface area contributed by atoms with Crippen LogP contribution in [0.2, 0.25) is 0 Å². The third-order valence-corrected chi connectivity index (χ3v) is 3.24. The van der Waals surface area contributed by atoms with Gasteiger partial charge in [0.1, 0.15) is 0 Å². The number of carbonyl (C=O) groups is 1. The second kappa shape index (κ2) is 7.95. The summed E-state index contributed by atoms with van der Waals surface area (Å²) in [7, 11) is 0. The lowest BCUT2D eigenvalue weighted by Gasteiger charge is -2.27. The summed E-state index contributed by atoms with van der Waals surface area (Å²) in [5, 5.41) is 0. The summed E-state index contributed by atoms with van der Waals surface area (Å²) in [6.45, 7) is 8.25. The molecule has 1 unspecified atom stereocenters. The SMILES string of the molecule is CCN(CC(C)C)C(=O)C(CN)Cc1ccccc1. The third-order valence-electron chi connectivity index (χ3n) is 3.24. The summed E-state index contributed by atoms with van der Waals surface area (Å²) >= 11 is 0. The van der Waals surface area contributed by atoms with Gasteiger partial charge >= 0.3 is 0 Å². The van der Waals surface area contributed by atoms with E-state index in [0.29, 0.717) is 12.5 Å². The van der Waals surface area contributed by atoms with Crippen LogP contribution in [0, 0.1) is 11.8 Å². The smallest absolute Gasteiger partial charge is 0.227 e. The first-order valence-corrected chi connectivity index (χ1v) is 7.11. The van der Waals surface area contributed by atoms with Crippen LogP contribution in [0.3, 0.4) is 0 Å². The average Bonchev–Trinajstić information content (AvgIpc) is 2.42. The second-order valence-electron chi connectivity index (χ2n) is 5.39. The minimum atomic E-state index is -0.110. The van der Waals surface area contributed by atoms with Gasteiger partial charge in [-0.3, -0.25) is 4.79 Å². The molecule has 1 rings (SSSR count). The molecular formula is C16H26N2O. The molecule has 1 atom stereocenters. The maximum absolute atomic E-state index is 12.5. The van der Waals surface area contributed by atoms with Crippen molar-refractivity contribution in [3.05, 3.63) is 35.9 Å². The quantitative estimate of drug-likeness (QED) is 0.819. The lowest BCUT2D eigenvalue weighted by molar-refractivity contribution is -0.135. The molecule has 19 heavy (non-hydrogen) atoms. The van der Waals surface area contributed by atoms with Crippen LogP contribution in [-0.4, -0.2) is 30.4 Å². The van der Waals surface area contributed by atoms with Crippen LogP contribution >= 0.6 is 0 Å². The number of nitrogens with zero attached hydrogens (tertiary/aromatic N) is 1. The van der Waals surface area contributed by atoms with Gasteiger partial charge in [-0.25, -0.2) is 0 Å². The zero-order valence-corrected chi connectivity index (χ0v) is 12.3. The van der Waals surface area contributed by atoms with Gasteiger partial charge in [-0.2, -0.15) is 0 Å². The largest absolute Gasteiger partial charge is 0.342 e. The van der Waals surface area contributed by atoms with E-state index in [-0.39, 0.29) is 11.8 Å². The van der Waals surface area contributed by atoms with Gasteiger partial charge in [-0.05, 0) is 24.8 Å². The number of amides is 1. The van der Waals surface area contributed by atoms with Gasteiger partial charge in [0.25, 0.3) is 0 Å². The fraction of sp³-hybridized carbons (Fsp3) is 0.562. The highest BCUT2D eigenvalue weighted by molar-refractivity contribution is 5.79. The van der Waals surface area contributed by atoms with Crippen molar-refractivity contribution in [3.8, 4) is 0 Å². The van der Waals surface area contributed by atoms with Crippen molar-refractivity contribution < 1.29 is 4.79 Å². The van der Waals surface area contributed by atoms with Crippen LogP contribution in [0.4, 0.5) is 0 Å². The molecule has 0 spiro atoms. The minimum absolute atomic E-state index is 0.110. The van der Waals surface area contributed by atoms with Gasteiger partial charge < -0.3 is 10.6 Å². The Labute approximate surface area is 116 Å². The third kappa shape index (κ3) is 5.03. The van der Waals surface area contributed by atoms with Crippen molar-refractivity contribution >= 4 is 5.91 Å². The van der Waals surface area contributed by atoms with E-state index in [9.17, 15) is 4.79 Å². The van der Waals surface area contributed by atoms with E-state index in [1.54, 1.807) is 0 Å². The Bertz CT molecular complexity index is 376. The van der Waals surface area contributed by atoms with Crippen molar-refractivity contribution in [2.24, 2.45) is 17.6 Å². The Morgan fingerprint density at radius 3 is 2.37 bits per heavy atom. The molecule has 0 saturated heterocycles. The molecule has 1 aromatic carbocycles. The normalized spacial score (nSPS) is 12.5. The molecule has 0 radical (unpaired) electrons. The topological polar surface area (TPSA) is 46.3 Å². The molecule has 0 fully saturated rings. The average molecular weight is 262 g/mol. The second-order valence-corrected chi connectivity index (χ2v) is 5.39. The molecule has 0 bridgehead atoms. The fourth-order valence-electron chi connectivity index (χ4n) is 2.24. The highest BCUT2D eigenvalue weighted by Crippen LogP contribution is 2.12. The fourth-order valence-corrected chi connectivity index (χ4v) is 2.24. The van der Waals surface area contributed by atoms with E-state index in [2.05, 4.69) is 26.0 Å². The van der Waals surface area contributed by atoms with Crippen molar-refractivity contribution in [3.63, 3.8) is 0 Å². The summed E-state index contributed by atoms with van der Waals surface area (Å²) in [6.07, 6.45) is 0.727. The van der Waals surface area contributed by atoms with Crippen molar-refractivity contribution in [2.75, 3.05) is 19.6 Å². The zero-order chi connectivity index (χ0) is 14.3. The van der Waals surface area contributed by atoms with Gasteiger partial charge in [0.05, 0.1) is 5.92 Å².